The first-order chi connectivity index (χ1) is 7.29. The minimum Gasteiger partial charge on any atom is -0.378 e. The van der Waals surface area contributed by atoms with E-state index in [1.54, 1.807) is 0 Å². The van der Waals surface area contributed by atoms with Crippen molar-refractivity contribution in [2.24, 2.45) is 5.41 Å². The van der Waals surface area contributed by atoms with Crippen molar-refractivity contribution in [1.29, 1.82) is 0 Å². The van der Waals surface area contributed by atoms with Gasteiger partial charge >= 0.3 is 0 Å². The molecule has 0 aliphatic heterocycles. The highest BCUT2D eigenvalue weighted by Crippen LogP contribution is 2.54. The molecule has 0 aromatic heterocycles. The highest BCUT2D eigenvalue weighted by Gasteiger charge is 2.54. The molecule has 0 saturated heterocycles. The van der Waals surface area contributed by atoms with Gasteiger partial charge in [0, 0.05) is 17.4 Å². The molecule has 2 aliphatic carbocycles. The van der Waals surface area contributed by atoms with Gasteiger partial charge in [0.25, 0.3) is 0 Å². The number of ether oxygens (including phenoxy) is 1. The molecule has 2 unspecified atom stereocenters. The summed E-state index contributed by atoms with van der Waals surface area (Å²) in [4.78, 5) is 0. The van der Waals surface area contributed by atoms with Crippen molar-refractivity contribution < 1.29 is 4.74 Å². The van der Waals surface area contributed by atoms with Crippen LogP contribution in [0.5, 0.6) is 0 Å². The smallest absolute Gasteiger partial charge is 0.0659 e. The molecule has 0 aromatic rings. The largest absolute Gasteiger partial charge is 0.378 e. The summed E-state index contributed by atoms with van der Waals surface area (Å²) in [5, 5.41) is 0.387. The van der Waals surface area contributed by atoms with Crippen molar-refractivity contribution in [2.75, 3.05) is 6.61 Å². The molecule has 1 nitrogen and oxygen atoms in total. The van der Waals surface area contributed by atoms with Crippen LogP contribution in [-0.2, 0) is 4.74 Å². The van der Waals surface area contributed by atoms with Crippen LogP contribution in [0.15, 0.2) is 0 Å². The summed E-state index contributed by atoms with van der Waals surface area (Å²) in [5.41, 5.74) is 0.354. The third kappa shape index (κ3) is 2.19. The van der Waals surface area contributed by atoms with Gasteiger partial charge in [-0.25, -0.2) is 0 Å². The molecular weight excluding hydrogens is 208 g/mol. The zero-order valence-corrected chi connectivity index (χ0v) is 10.6. The Morgan fingerprint density at radius 3 is 2.40 bits per heavy atom. The van der Waals surface area contributed by atoms with E-state index in [9.17, 15) is 0 Å². The summed E-state index contributed by atoms with van der Waals surface area (Å²) in [7, 11) is 0. The van der Waals surface area contributed by atoms with Crippen molar-refractivity contribution >= 4 is 11.6 Å². The van der Waals surface area contributed by atoms with Gasteiger partial charge in [-0.15, -0.1) is 11.6 Å². The summed E-state index contributed by atoms with van der Waals surface area (Å²) in [5.74, 6) is 0. The van der Waals surface area contributed by atoms with Crippen LogP contribution in [0.3, 0.4) is 0 Å². The second-order valence-electron chi connectivity index (χ2n) is 5.21. The molecule has 0 amide bonds. The van der Waals surface area contributed by atoms with E-state index < -0.39 is 0 Å². The molecule has 2 atom stereocenters. The molecule has 2 rings (SSSR count). The van der Waals surface area contributed by atoms with E-state index in [1.807, 2.05) is 0 Å². The third-order valence-corrected chi connectivity index (χ3v) is 4.86. The van der Waals surface area contributed by atoms with Gasteiger partial charge in [-0.05, 0) is 25.7 Å². The summed E-state index contributed by atoms with van der Waals surface area (Å²) < 4.78 is 5.96. The van der Waals surface area contributed by atoms with Crippen LogP contribution in [0, 0.1) is 5.41 Å². The van der Waals surface area contributed by atoms with E-state index >= 15 is 0 Å². The van der Waals surface area contributed by atoms with Gasteiger partial charge in [0.15, 0.2) is 0 Å². The maximum atomic E-state index is 6.45. The molecule has 1 spiro atoms. The summed E-state index contributed by atoms with van der Waals surface area (Å²) in [6.45, 7) is 3.09. The van der Waals surface area contributed by atoms with Crippen LogP contribution in [0.4, 0.5) is 0 Å². The lowest BCUT2D eigenvalue weighted by molar-refractivity contribution is -0.115. The normalized spacial score (nSPS) is 34.8. The SMILES string of the molecule is CCCOC1CC(Cl)C12CCCCCC2. The molecule has 0 radical (unpaired) electrons. The molecule has 2 saturated carbocycles. The lowest BCUT2D eigenvalue weighted by Gasteiger charge is -2.53. The minimum absolute atomic E-state index is 0.354. The van der Waals surface area contributed by atoms with Crippen molar-refractivity contribution in [2.45, 2.75) is 69.8 Å². The first-order valence-electron chi connectivity index (χ1n) is 6.55. The molecule has 0 N–H and O–H groups in total. The predicted molar refractivity (Wildman–Crippen MR) is 64.4 cm³/mol. The molecule has 0 bridgehead atoms. The van der Waals surface area contributed by atoms with Crippen LogP contribution in [0.25, 0.3) is 0 Å². The Bertz CT molecular complexity index is 197. The lowest BCUT2D eigenvalue weighted by atomic mass is 9.61. The zero-order chi connectivity index (χ0) is 10.7. The van der Waals surface area contributed by atoms with E-state index in [4.69, 9.17) is 16.3 Å². The topological polar surface area (TPSA) is 9.23 Å². The highest BCUT2D eigenvalue weighted by atomic mass is 35.5. The number of rotatable bonds is 3. The Kier molecular flexibility index (Phi) is 3.95. The minimum atomic E-state index is 0.354. The van der Waals surface area contributed by atoms with E-state index in [2.05, 4.69) is 6.92 Å². The average Bonchev–Trinajstić information content (AvgIpc) is 2.51. The first-order valence-corrected chi connectivity index (χ1v) is 6.99. The maximum Gasteiger partial charge on any atom is 0.0659 e. The average molecular weight is 231 g/mol. The van der Waals surface area contributed by atoms with E-state index in [-0.39, 0.29) is 0 Å². The number of halogens is 1. The molecule has 15 heavy (non-hydrogen) atoms. The molecule has 2 aliphatic rings. The molecular formula is C13H23ClO. The predicted octanol–water partition coefficient (Wildman–Crippen LogP) is 4.13. The highest BCUT2D eigenvalue weighted by molar-refractivity contribution is 6.21. The molecule has 88 valence electrons. The van der Waals surface area contributed by atoms with Gasteiger partial charge in [0.05, 0.1) is 6.10 Å². The van der Waals surface area contributed by atoms with Crippen molar-refractivity contribution in [1.82, 2.24) is 0 Å². The Morgan fingerprint density at radius 2 is 1.87 bits per heavy atom. The Balaban J connectivity index is 1.95. The fourth-order valence-corrected chi connectivity index (χ4v) is 3.74. The van der Waals surface area contributed by atoms with Gasteiger partial charge < -0.3 is 4.74 Å². The second kappa shape index (κ2) is 5.05. The Morgan fingerprint density at radius 1 is 1.20 bits per heavy atom. The van der Waals surface area contributed by atoms with Gasteiger partial charge in [0.1, 0.15) is 0 Å². The number of alkyl halides is 1. The van der Waals surface area contributed by atoms with Crippen molar-refractivity contribution in [3.8, 4) is 0 Å². The van der Waals surface area contributed by atoms with E-state index in [0.717, 1.165) is 19.4 Å². The quantitative estimate of drug-likeness (QED) is 0.663. The van der Waals surface area contributed by atoms with Gasteiger partial charge in [-0.3, -0.25) is 0 Å². The second-order valence-corrected chi connectivity index (χ2v) is 5.74. The van der Waals surface area contributed by atoms with E-state index in [1.165, 1.54) is 38.5 Å². The summed E-state index contributed by atoms with van der Waals surface area (Å²) >= 11 is 6.45. The Hall–Kier alpha value is 0.250. The van der Waals surface area contributed by atoms with Crippen molar-refractivity contribution in [3.63, 3.8) is 0 Å². The number of hydrogen-bond donors (Lipinski definition) is 0. The molecule has 2 fully saturated rings. The molecule has 2 heteroatoms. The van der Waals surface area contributed by atoms with Crippen LogP contribution in [0.1, 0.15) is 58.3 Å². The van der Waals surface area contributed by atoms with Gasteiger partial charge in [-0.2, -0.15) is 0 Å². The van der Waals surface area contributed by atoms with Crippen LogP contribution < -0.4 is 0 Å². The summed E-state index contributed by atoms with van der Waals surface area (Å²) in [6.07, 6.45) is 10.8. The van der Waals surface area contributed by atoms with E-state index in [0.29, 0.717) is 16.9 Å². The molecule has 0 heterocycles. The monoisotopic (exact) mass is 230 g/mol. The van der Waals surface area contributed by atoms with Crippen molar-refractivity contribution in [3.05, 3.63) is 0 Å². The standard InChI is InChI=1S/C13H23ClO/c1-2-9-15-12-10-11(14)13(12)7-5-3-4-6-8-13/h11-12H,2-10H2,1H3. The summed E-state index contributed by atoms with van der Waals surface area (Å²) in [6, 6.07) is 0. The first kappa shape index (κ1) is 11.7. The van der Waals surface area contributed by atoms with Gasteiger partial charge in [-0.1, -0.05) is 32.6 Å². The maximum absolute atomic E-state index is 6.45. The van der Waals surface area contributed by atoms with Crippen LogP contribution in [-0.4, -0.2) is 18.1 Å². The van der Waals surface area contributed by atoms with Crippen LogP contribution >= 0.6 is 11.6 Å². The van der Waals surface area contributed by atoms with Gasteiger partial charge in [0.2, 0.25) is 0 Å². The van der Waals surface area contributed by atoms with Crippen LogP contribution in [0.2, 0.25) is 0 Å². The molecule has 0 aromatic carbocycles. The lowest BCUT2D eigenvalue weighted by Crippen LogP contribution is -2.55. The zero-order valence-electron chi connectivity index (χ0n) is 9.80. The Labute approximate surface area is 98.5 Å². The fraction of sp³-hybridized carbons (Fsp3) is 1.00. The third-order valence-electron chi connectivity index (χ3n) is 4.24. The fourth-order valence-electron chi connectivity index (χ4n) is 3.21. The number of hydrogen-bond acceptors (Lipinski definition) is 1.